The minimum absolute atomic E-state index is 0.0436. The molecule has 0 atom stereocenters. The maximum atomic E-state index is 12.4. The van der Waals surface area contributed by atoms with Crippen molar-refractivity contribution >= 4 is 17.2 Å². The van der Waals surface area contributed by atoms with E-state index in [2.05, 4.69) is 34.5 Å². The van der Waals surface area contributed by atoms with Crippen LogP contribution >= 0.6 is 11.3 Å². The summed E-state index contributed by atoms with van der Waals surface area (Å²) in [6.45, 7) is 5.65. The molecule has 3 heterocycles. The number of rotatable bonds is 9. The fourth-order valence-corrected chi connectivity index (χ4v) is 4.77. The molecule has 1 saturated heterocycles. The van der Waals surface area contributed by atoms with Crippen molar-refractivity contribution < 1.29 is 9.53 Å². The number of likely N-dealkylation sites (tertiary alicyclic amines) is 1. The number of pyridine rings is 1. The number of benzene rings is 1. The van der Waals surface area contributed by atoms with Gasteiger partial charge in [0.15, 0.2) is 0 Å². The van der Waals surface area contributed by atoms with E-state index in [4.69, 9.17) is 4.74 Å². The van der Waals surface area contributed by atoms with E-state index >= 15 is 0 Å². The molecule has 174 valence electrons. The maximum Gasteiger partial charge on any atom is 0.254 e. The lowest BCUT2D eigenvalue weighted by Crippen LogP contribution is -2.43. The van der Waals surface area contributed by atoms with Crippen LogP contribution in [0.15, 0.2) is 64.9 Å². The summed E-state index contributed by atoms with van der Waals surface area (Å²) in [5.74, 6) is 0.667. The third-order valence-electron chi connectivity index (χ3n) is 5.99. The zero-order chi connectivity index (χ0) is 23.0. The third-order valence-corrected chi connectivity index (χ3v) is 6.84. The van der Waals surface area contributed by atoms with Crippen molar-refractivity contribution in [2.45, 2.75) is 51.9 Å². The molecule has 2 aromatic heterocycles. The van der Waals surface area contributed by atoms with Crippen LogP contribution in [-0.2, 0) is 30.9 Å². The molecule has 0 unspecified atom stereocenters. The van der Waals surface area contributed by atoms with Crippen LogP contribution in [0.3, 0.4) is 0 Å². The van der Waals surface area contributed by atoms with Gasteiger partial charge in [0, 0.05) is 56.3 Å². The Balaban J connectivity index is 1.23. The summed E-state index contributed by atoms with van der Waals surface area (Å²) in [6, 6.07) is 16.4. The van der Waals surface area contributed by atoms with E-state index in [1.54, 1.807) is 28.9 Å². The lowest BCUT2D eigenvalue weighted by Gasteiger charge is -2.32. The molecule has 0 aliphatic carbocycles. The average molecular weight is 466 g/mol. The number of nitrogens with zero attached hydrogens (tertiary/aromatic N) is 2. The van der Waals surface area contributed by atoms with Gasteiger partial charge in [-0.25, -0.2) is 0 Å². The zero-order valence-electron chi connectivity index (χ0n) is 19.0. The predicted molar refractivity (Wildman–Crippen MR) is 132 cm³/mol. The van der Waals surface area contributed by atoms with Crippen molar-refractivity contribution in [2.24, 2.45) is 0 Å². The Hall–Kier alpha value is -2.90. The number of aromatic nitrogens is 1. The van der Waals surface area contributed by atoms with E-state index in [9.17, 15) is 9.59 Å². The molecule has 0 bridgehead atoms. The van der Waals surface area contributed by atoms with Gasteiger partial charge in [-0.05, 0) is 47.9 Å². The van der Waals surface area contributed by atoms with Gasteiger partial charge in [-0.2, -0.15) is 0 Å². The van der Waals surface area contributed by atoms with Crippen LogP contribution in [0.5, 0.6) is 5.75 Å². The molecular weight excluding hydrogens is 434 g/mol. The lowest BCUT2D eigenvalue weighted by molar-refractivity contribution is -0.119. The topological polar surface area (TPSA) is 63.6 Å². The standard InChI is InChI=1S/C26H31N3O3S/c1-20(30)27-23-9-12-28(13-10-23)18-22-6-4-21(5-7-22)8-14-29-15-11-24(17-26(29)31)32-19-25-3-2-16-33-25/h2-7,11,15-17,23H,8-10,12-14,18-19H2,1H3,(H,27,30). The molecule has 0 radical (unpaired) electrons. The summed E-state index contributed by atoms with van der Waals surface area (Å²) < 4.78 is 7.45. The van der Waals surface area contributed by atoms with Crippen LogP contribution in [0.25, 0.3) is 0 Å². The molecular formula is C26H31N3O3S. The van der Waals surface area contributed by atoms with E-state index in [1.807, 2.05) is 29.8 Å². The van der Waals surface area contributed by atoms with Crippen molar-refractivity contribution in [3.63, 3.8) is 0 Å². The number of aryl methyl sites for hydroxylation is 2. The largest absolute Gasteiger partial charge is 0.488 e. The predicted octanol–water partition coefficient (Wildman–Crippen LogP) is 3.83. The van der Waals surface area contributed by atoms with Gasteiger partial charge in [0.05, 0.1) is 0 Å². The molecule has 1 amide bonds. The van der Waals surface area contributed by atoms with Crippen LogP contribution in [-0.4, -0.2) is 34.5 Å². The molecule has 1 fully saturated rings. The van der Waals surface area contributed by atoms with Gasteiger partial charge in [0.1, 0.15) is 12.4 Å². The number of piperidine rings is 1. The molecule has 1 aliphatic heterocycles. The Labute approximate surface area is 198 Å². The number of hydrogen-bond donors (Lipinski definition) is 1. The van der Waals surface area contributed by atoms with Crippen molar-refractivity contribution in [3.05, 3.63) is 86.5 Å². The van der Waals surface area contributed by atoms with Crippen LogP contribution < -0.4 is 15.6 Å². The molecule has 1 N–H and O–H groups in total. The Morgan fingerprint density at radius 1 is 1.12 bits per heavy atom. The van der Waals surface area contributed by atoms with Crippen LogP contribution in [0, 0.1) is 0 Å². The molecule has 4 rings (SSSR count). The fraction of sp³-hybridized carbons (Fsp3) is 0.385. The number of carbonyl (C=O) groups excluding carboxylic acids is 1. The summed E-state index contributed by atoms with van der Waals surface area (Å²) in [7, 11) is 0. The minimum Gasteiger partial charge on any atom is -0.488 e. The fourth-order valence-electron chi connectivity index (χ4n) is 4.16. The summed E-state index contributed by atoms with van der Waals surface area (Å²) in [5.41, 5.74) is 2.46. The molecule has 1 aromatic carbocycles. The minimum atomic E-state index is -0.0436. The highest BCUT2D eigenvalue weighted by molar-refractivity contribution is 7.09. The van der Waals surface area contributed by atoms with Gasteiger partial charge >= 0.3 is 0 Å². The van der Waals surface area contributed by atoms with Crippen molar-refractivity contribution in [1.82, 2.24) is 14.8 Å². The molecule has 6 nitrogen and oxygen atoms in total. The normalized spacial score (nSPS) is 14.8. The highest BCUT2D eigenvalue weighted by Crippen LogP contribution is 2.16. The van der Waals surface area contributed by atoms with Crippen molar-refractivity contribution in [3.8, 4) is 5.75 Å². The average Bonchev–Trinajstić information content (AvgIpc) is 3.33. The number of ether oxygens (including phenoxy) is 1. The first-order chi connectivity index (χ1) is 16.0. The summed E-state index contributed by atoms with van der Waals surface area (Å²) in [6.07, 6.45) is 4.62. The first kappa shape index (κ1) is 23.3. The smallest absolute Gasteiger partial charge is 0.254 e. The number of hydrogen-bond acceptors (Lipinski definition) is 5. The Kier molecular flexibility index (Phi) is 7.96. The molecule has 3 aromatic rings. The van der Waals surface area contributed by atoms with Gasteiger partial charge in [0.2, 0.25) is 5.91 Å². The number of amides is 1. The van der Waals surface area contributed by atoms with Crippen molar-refractivity contribution in [2.75, 3.05) is 13.1 Å². The van der Waals surface area contributed by atoms with Gasteiger partial charge in [-0.3, -0.25) is 14.5 Å². The monoisotopic (exact) mass is 465 g/mol. The summed E-state index contributed by atoms with van der Waals surface area (Å²) in [4.78, 5) is 27.2. The van der Waals surface area contributed by atoms with E-state index in [0.717, 1.165) is 43.8 Å². The Morgan fingerprint density at radius 3 is 2.55 bits per heavy atom. The molecule has 0 saturated carbocycles. The number of nitrogens with one attached hydrogen (secondary N) is 1. The zero-order valence-corrected chi connectivity index (χ0v) is 19.9. The first-order valence-corrected chi connectivity index (χ1v) is 12.4. The van der Waals surface area contributed by atoms with Crippen molar-refractivity contribution in [1.29, 1.82) is 0 Å². The highest BCUT2D eigenvalue weighted by Gasteiger charge is 2.19. The van der Waals surface area contributed by atoms with Gasteiger partial charge in [0.25, 0.3) is 5.56 Å². The Bertz CT molecular complexity index is 1080. The number of thiophene rings is 1. The first-order valence-electron chi connectivity index (χ1n) is 11.5. The second kappa shape index (κ2) is 11.3. The highest BCUT2D eigenvalue weighted by atomic mass is 32.1. The summed E-state index contributed by atoms with van der Waals surface area (Å²) in [5, 5.41) is 5.04. The van der Waals surface area contributed by atoms with Gasteiger partial charge < -0.3 is 14.6 Å². The Morgan fingerprint density at radius 2 is 1.88 bits per heavy atom. The van der Waals surface area contributed by atoms with Crippen LogP contribution in [0.1, 0.15) is 35.8 Å². The number of carbonyl (C=O) groups is 1. The van der Waals surface area contributed by atoms with Gasteiger partial charge in [-0.15, -0.1) is 11.3 Å². The van der Waals surface area contributed by atoms with Crippen LogP contribution in [0.4, 0.5) is 0 Å². The second-order valence-corrected chi connectivity index (χ2v) is 9.61. The molecule has 7 heteroatoms. The lowest BCUT2D eigenvalue weighted by atomic mass is 10.0. The molecule has 33 heavy (non-hydrogen) atoms. The van der Waals surface area contributed by atoms with E-state index in [1.165, 1.54) is 11.1 Å². The quantitative estimate of drug-likeness (QED) is 0.522. The maximum absolute atomic E-state index is 12.4. The van der Waals surface area contributed by atoms with Gasteiger partial charge in [-0.1, -0.05) is 30.3 Å². The van der Waals surface area contributed by atoms with E-state index < -0.39 is 0 Å². The molecule has 1 aliphatic rings. The SMILES string of the molecule is CC(=O)NC1CCN(Cc2ccc(CCn3ccc(OCc4cccs4)cc3=O)cc2)CC1. The van der Waals surface area contributed by atoms with Crippen LogP contribution in [0.2, 0.25) is 0 Å². The molecule has 0 spiro atoms. The third kappa shape index (κ3) is 7.04. The second-order valence-electron chi connectivity index (χ2n) is 8.58. The van der Waals surface area contributed by atoms with E-state index in [0.29, 0.717) is 24.9 Å². The van der Waals surface area contributed by atoms with E-state index in [-0.39, 0.29) is 11.5 Å². The summed E-state index contributed by atoms with van der Waals surface area (Å²) >= 11 is 1.64.